The monoisotopic (exact) mass is 377 g/mol. The fourth-order valence-electron chi connectivity index (χ4n) is 3.40. The molecule has 1 unspecified atom stereocenters. The van der Waals surface area contributed by atoms with Gasteiger partial charge in [-0.05, 0) is 50.2 Å². The molecule has 2 amide bonds. The fraction of sp³-hybridized carbons (Fsp3) is 0.579. The van der Waals surface area contributed by atoms with Crippen LogP contribution in [0.5, 0.6) is 5.75 Å². The Morgan fingerprint density at radius 2 is 1.92 bits per heavy atom. The van der Waals surface area contributed by atoms with Gasteiger partial charge < -0.3 is 19.9 Å². The highest BCUT2D eigenvalue weighted by Crippen LogP contribution is 2.24. The van der Waals surface area contributed by atoms with Crippen LogP contribution in [0.25, 0.3) is 0 Å². The van der Waals surface area contributed by atoms with E-state index in [-0.39, 0.29) is 11.8 Å². The zero-order chi connectivity index (χ0) is 18.4. The second-order valence-electron chi connectivity index (χ2n) is 6.71. The zero-order valence-electron chi connectivity index (χ0n) is 15.3. The van der Waals surface area contributed by atoms with E-state index < -0.39 is 6.04 Å². The molecule has 26 heavy (non-hydrogen) atoms. The van der Waals surface area contributed by atoms with E-state index in [4.69, 9.17) is 4.74 Å². The Hall–Kier alpha value is -1.73. The maximum atomic E-state index is 12.8. The first kappa shape index (κ1) is 19.0. The average Bonchev–Trinajstić information content (AvgIpc) is 3.18. The minimum Gasteiger partial charge on any atom is -0.497 e. The molecule has 0 aliphatic carbocycles. The Morgan fingerprint density at radius 1 is 1.19 bits per heavy atom. The van der Waals surface area contributed by atoms with Gasteiger partial charge in [0.15, 0.2) is 0 Å². The molecular formula is C19H27N3O3S. The van der Waals surface area contributed by atoms with E-state index in [0.717, 1.165) is 19.6 Å². The number of benzene rings is 1. The Bertz CT molecular complexity index is 617. The first-order valence-electron chi connectivity index (χ1n) is 9.22. The van der Waals surface area contributed by atoms with Crippen molar-refractivity contribution in [1.29, 1.82) is 0 Å². The van der Waals surface area contributed by atoms with Crippen molar-refractivity contribution in [2.24, 2.45) is 0 Å². The number of carbonyl (C=O) groups is 2. The normalized spacial score (nSPS) is 20.8. The number of amides is 2. The van der Waals surface area contributed by atoms with Gasteiger partial charge in [0.05, 0.1) is 13.0 Å². The molecule has 1 aromatic carbocycles. The lowest BCUT2D eigenvalue weighted by Gasteiger charge is -2.27. The van der Waals surface area contributed by atoms with Crippen molar-refractivity contribution in [3.63, 3.8) is 0 Å². The minimum atomic E-state index is -0.393. The van der Waals surface area contributed by atoms with Gasteiger partial charge >= 0.3 is 0 Å². The molecule has 2 aliphatic heterocycles. The number of thioether (sulfide) groups is 1. The Labute approximate surface area is 159 Å². The van der Waals surface area contributed by atoms with Gasteiger partial charge in [-0.25, -0.2) is 0 Å². The lowest BCUT2D eigenvalue weighted by molar-refractivity contribution is -0.124. The van der Waals surface area contributed by atoms with Crippen molar-refractivity contribution < 1.29 is 14.3 Å². The smallest absolute Gasteiger partial charge is 0.255 e. The number of hydrogen-bond donors (Lipinski definition) is 1. The summed E-state index contributed by atoms with van der Waals surface area (Å²) in [7, 11) is 1.60. The Morgan fingerprint density at radius 3 is 2.62 bits per heavy atom. The quantitative estimate of drug-likeness (QED) is 0.819. The van der Waals surface area contributed by atoms with Crippen molar-refractivity contribution in [3.05, 3.63) is 29.8 Å². The highest BCUT2D eigenvalue weighted by Gasteiger charge is 2.35. The van der Waals surface area contributed by atoms with E-state index in [1.54, 1.807) is 48.0 Å². The fourth-order valence-corrected chi connectivity index (χ4v) is 4.55. The van der Waals surface area contributed by atoms with Crippen molar-refractivity contribution in [2.75, 3.05) is 44.9 Å². The highest BCUT2D eigenvalue weighted by molar-refractivity contribution is 7.99. The van der Waals surface area contributed by atoms with Gasteiger partial charge in [0.1, 0.15) is 11.8 Å². The molecule has 0 saturated carbocycles. The summed E-state index contributed by atoms with van der Waals surface area (Å²) in [5.74, 6) is 1.76. The average molecular weight is 378 g/mol. The Balaban J connectivity index is 1.52. The van der Waals surface area contributed by atoms with E-state index in [9.17, 15) is 9.59 Å². The third kappa shape index (κ3) is 4.71. The SMILES string of the molecule is COc1ccc(C(=O)N2CSCC2C(=O)NCCN2CCCCC2)cc1. The van der Waals surface area contributed by atoms with Crippen LogP contribution >= 0.6 is 11.8 Å². The molecule has 1 atom stereocenters. The molecule has 0 aromatic heterocycles. The molecule has 3 rings (SSSR count). The molecule has 2 fully saturated rings. The summed E-state index contributed by atoms with van der Waals surface area (Å²) in [5, 5.41) is 3.02. The molecule has 142 valence electrons. The van der Waals surface area contributed by atoms with Crippen molar-refractivity contribution in [1.82, 2.24) is 15.1 Å². The van der Waals surface area contributed by atoms with Crippen LogP contribution in [0.15, 0.2) is 24.3 Å². The summed E-state index contributed by atoms with van der Waals surface area (Å²) in [5.41, 5.74) is 0.583. The first-order chi connectivity index (χ1) is 12.7. The predicted molar refractivity (Wildman–Crippen MR) is 104 cm³/mol. The summed E-state index contributed by atoms with van der Waals surface area (Å²) in [6, 6.07) is 6.63. The van der Waals surface area contributed by atoms with Gasteiger partial charge in [-0.3, -0.25) is 9.59 Å². The summed E-state index contributed by atoms with van der Waals surface area (Å²) >= 11 is 1.62. The van der Waals surface area contributed by atoms with Crippen molar-refractivity contribution in [3.8, 4) is 5.75 Å². The number of hydrogen-bond acceptors (Lipinski definition) is 5. The maximum absolute atomic E-state index is 12.8. The van der Waals surface area contributed by atoms with Gasteiger partial charge in [0.25, 0.3) is 5.91 Å². The van der Waals surface area contributed by atoms with Crippen LogP contribution in [0.1, 0.15) is 29.6 Å². The van der Waals surface area contributed by atoms with Crippen LogP contribution in [-0.2, 0) is 4.79 Å². The predicted octanol–water partition coefficient (Wildman–Crippen LogP) is 1.81. The number of ether oxygens (including phenoxy) is 1. The van der Waals surface area contributed by atoms with Crippen LogP contribution < -0.4 is 10.1 Å². The Kier molecular flexibility index (Phi) is 6.80. The second-order valence-corrected chi connectivity index (χ2v) is 7.71. The van der Waals surface area contributed by atoms with Crippen LogP contribution in [0.2, 0.25) is 0 Å². The maximum Gasteiger partial charge on any atom is 0.255 e. The van der Waals surface area contributed by atoms with Crippen molar-refractivity contribution in [2.45, 2.75) is 25.3 Å². The molecule has 2 saturated heterocycles. The molecular weight excluding hydrogens is 350 g/mol. The van der Waals surface area contributed by atoms with E-state index in [1.165, 1.54) is 19.3 Å². The topological polar surface area (TPSA) is 61.9 Å². The molecule has 6 nitrogen and oxygen atoms in total. The number of likely N-dealkylation sites (tertiary alicyclic amines) is 1. The van der Waals surface area contributed by atoms with Gasteiger partial charge in [-0.15, -0.1) is 11.8 Å². The number of piperidine rings is 1. The summed E-state index contributed by atoms with van der Waals surface area (Å²) in [6.45, 7) is 3.77. The summed E-state index contributed by atoms with van der Waals surface area (Å²) < 4.78 is 5.13. The number of rotatable bonds is 6. The van der Waals surface area contributed by atoms with E-state index in [0.29, 0.717) is 29.5 Å². The van der Waals surface area contributed by atoms with Crippen LogP contribution in [0.3, 0.4) is 0 Å². The molecule has 0 bridgehead atoms. The standard InChI is InChI=1S/C19H27N3O3S/c1-25-16-7-5-15(6-8-16)19(24)22-14-26-13-17(22)18(23)20-9-12-21-10-3-2-4-11-21/h5-8,17H,2-4,9-14H2,1H3,(H,20,23). The second kappa shape index (κ2) is 9.28. The van der Waals surface area contributed by atoms with E-state index >= 15 is 0 Å². The minimum absolute atomic E-state index is 0.0473. The zero-order valence-corrected chi connectivity index (χ0v) is 16.1. The van der Waals surface area contributed by atoms with Crippen LogP contribution in [-0.4, -0.2) is 72.6 Å². The largest absolute Gasteiger partial charge is 0.497 e. The highest BCUT2D eigenvalue weighted by atomic mass is 32.2. The third-order valence-corrected chi connectivity index (χ3v) is 5.97. The summed E-state index contributed by atoms with van der Waals surface area (Å²) in [4.78, 5) is 29.4. The number of carbonyl (C=O) groups excluding carboxylic acids is 2. The molecule has 7 heteroatoms. The lowest BCUT2D eigenvalue weighted by Crippen LogP contribution is -2.48. The van der Waals surface area contributed by atoms with Crippen LogP contribution in [0.4, 0.5) is 0 Å². The summed E-state index contributed by atoms with van der Waals surface area (Å²) in [6.07, 6.45) is 3.80. The molecule has 0 spiro atoms. The molecule has 0 radical (unpaired) electrons. The van der Waals surface area contributed by atoms with E-state index in [2.05, 4.69) is 10.2 Å². The number of nitrogens with zero attached hydrogens (tertiary/aromatic N) is 2. The van der Waals surface area contributed by atoms with Crippen LogP contribution in [0, 0.1) is 0 Å². The van der Waals surface area contributed by atoms with Gasteiger partial charge in [0, 0.05) is 24.4 Å². The lowest BCUT2D eigenvalue weighted by atomic mass is 10.1. The first-order valence-corrected chi connectivity index (χ1v) is 10.4. The van der Waals surface area contributed by atoms with Gasteiger partial charge in [0.2, 0.25) is 5.91 Å². The third-order valence-electron chi connectivity index (χ3n) is 4.96. The molecule has 2 heterocycles. The van der Waals surface area contributed by atoms with E-state index in [1.807, 2.05) is 0 Å². The number of nitrogens with one attached hydrogen (secondary N) is 1. The van der Waals surface area contributed by atoms with Gasteiger partial charge in [-0.1, -0.05) is 6.42 Å². The van der Waals surface area contributed by atoms with Crippen molar-refractivity contribution >= 4 is 23.6 Å². The molecule has 1 aromatic rings. The van der Waals surface area contributed by atoms with Gasteiger partial charge in [-0.2, -0.15) is 0 Å². The molecule has 1 N–H and O–H groups in total. The number of methoxy groups -OCH3 is 1. The molecule has 2 aliphatic rings.